The molecule has 3 fully saturated rings. The molecule has 0 saturated heterocycles. The molecule has 0 radical (unpaired) electrons. The fraction of sp³-hybridized carbons (Fsp3) is 0.933. The van der Waals surface area contributed by atoms with Crippen molar-refractivity contribution in [3.63, 3.8) is 0 Å². The Kier molecular flexibility index (Phi) is 3.57. The number of rotatable bonds is 6. The molecule has 0 aromatic rings. The van der Waals surface area contributed by atoms with E-state index in [-0.39, 0.29) is 0 Å². The molecule has 3 heteroatoms. The topological polar surface area (TPSA) is 20.3 Å². The quantitative estimate of drug-likeness (QED) is 0.679. The highest BCUT2D eigenvalue weighted by atomic mass is 35.5. The molecule has 3 saturated carbocycles. The maximum atomic E-state index is 12.6. The van der Waals surface area contributed by atoms with Gasteiger partial charge in [-0.05, 0) is 49.4 Å². The highest BCUT2D eigenvalue weighted by Gasteiger charge is 2.67. The number of carbonyl (C=O) groups is 1. The maximum Gasteiger partial charge on any atom is 0.226 e. The third-order valence-corrected chi connectivity index (χ3v) is 5.64. The highest BCUT2D eigenvalue weighted by Crippen LogP contribution is 2.69. The minimum Gasteiger partial charge on any atom is -0.341 e. The van der Waals surface area contributed by atoms with Gasteiger partial charge in [-0.3, -0.25) is 4.79 Å². The average molecular weight is 270 g/mol. The van der Waals surface area contributed by atoms with Crippen LogP contribution in [0.15, 0.2) is 0 Å². The lowest BCUT2D eigenvalue weighted by atomic mass is 10.0. The Hall–Kier alpha value is -0.240. The number of nitrogens with zero attached hydrogens (tertiary/aromatic N) is 1. The second-order valence-electron chi connectivity index (χ2n) is 6.38. The van der Waals surface area contributed by atoms with Gasteiger partial charge in [0.15, 0.2) is 0 Å². The van der Waals surface area contributed by atoms with Crippen molar-refractivity contribution >= 4 is 17.5 Å². The van der Waals surface area contributed by atoms with Crippen molar-refractivity contribution in [1.82, 2.24) is 4.90 Å². The van der Waals surface area contributed by atoms with E-state index in [1.807, 2.05) is 4.90 Å². The summed E-state index contributed by atoms with van der Waals surface area (Å²) in [7, 11) is 0. The summed E-state index contributed by atoms with van der Waals surface area (Å²) in [6.45, 7) is 3.83. The molecule has 3 aliphatic carbocycles. The first-order chi connectivity index (χ1) is 8.77. The molecule has 2 bridgehead atoms. The van der Waals surface area contributed by atoms with E-state index in [1.165, 1.54) is 19.3 Å². The van der Waals surface area contributed by atoms with Gasteiger partial charge >= 0.3 is 0 Å². The lowest BCUT2D eigenvalue weighted by Crippen LogP contribution is -2.36. The zero-order chi connectivity index (χ0) is 12.7. The molecule has 0 aliphatic heterocycles. The SMILES string of the molecule is CCCCN(CCCl)C(=O)C1C2C3CCC(C3)C12. The summed E-state index contributed by atoms with van der Waals surface area (Å²) in [6.07, 6.45) is 6.45. The van der Waals surface area contributed by atoms with Crippen molar-refractivity contribution in [1.29, 1.82) is 0 Å². The van der Waals surface area contributed by atoms with E-state index >= 15 is 0 Å². The van der Waals surface area contributed by atoms with Crippen molar-refractivity contribution in [3.8, 4) is 0 Å². The average Bonchev–Trinajstić information content (AvgIpc) is 2.81. The molecule has 0 heterocycles. The lowest BCUT2D eigenvalue weighted by molar-refractivity contribution is -0.133. The Bertz CT molecular complexity index is 316. The van der Waals surface area contributed by atoms with E-state index in [0.29, 0.717) is 17.7 Å². The summed E-state index contributed by atoms with van der Waals surface area (Å²) >= 11 is 5.84. The number of carbonyl (C=O) groups excluding carboxylic acids is 1. The molecular weight excluding hydrogens is 246 g/mol. The van der Waals surface area contributed by atoms with E-state index < -0.39 is 0 Å². The molecule has 102 valence electrons. The number of hydrogen-bond acceptors (Lipinski definition) is 1. The third-order valence-electron chi connectivity index (χ3n) is 5.47. The molecule has 4 unspecified atom stereocenters. The minimum absolute atomic E-state index is 0.385. The normalized spacial score (nSPS) is 39.8. The van der Waals surface area contributed by atoms with Crippen LogP contribution in [0.3, 0.4) is 0 Å². The van der Waals surface area contributed by atoms with Gasteiger partial charge in [-0.15, -0.1) is 11.6 Å². The summed E-state index contributed by atoms with van der Waals surface area (Å²) < 4.78 is 0. The van der Waals surface area contributed by atoms with Gasteiger partial charge in [0.25, 0.3) is 0 Å². The standard InChI is InChI=1S/C15H24ClNO/c1-2-3-7-17(8-6-16)15(18)14-12-10-4-5-11(9-10)13(12)14/h10-14H,2-9H2,1H3. The fourth-order valence-electron chi connectivity index (χ4n) is 4.65. The number of halogens is 1. The van der Waals surface area contributed by atoms with Crippen LogP contribution in [-0.2, 0) is 4.79 Å². The van der Waals surface area contributed by atoms with Crippen LogP contribution in [0.25, 0.3) is 0 Å². The molecule has 1 amide bonds. The van der Waals surface area contributed by atoms with Crippen LogP contribution < -0.4 is 0 Å². The van der Waals surface area contributed by atoms with Gasteiger partial charge in [0, 0.05) is 24.9 Å². The summed E-state index contributed by atoms with van der Waals surface area (Å²) in [4.78, 5) is 14.6. The second kappa shape index (κ2) is 5.03. The van der Waals surface area contributed by atoms with Crippen molar-refractivity contribution in [2.75, 3.05) is 19.0 Å². The number of hydrogen-bond donors (Lipinski definition) is 0. The summed E-state index contributed by atoms with van der Waals surface area (Å²) in [5, 5.41) is 0. The molecular formula is C15H24ClNO. The van der Waals surface area contributed by atoms with Crippen molar-refractivity contribution in [2.45, 2.75) is 39.0 Å². The van der Waals surface area contributed by atoms with Crippen LogP contribution in [0.5, 0.6) is 0 Å². The Labute approximate surface area is 115 Å². The van der Waals surface area contributed by atoms with E-state index in [0.717, 1.165) is 49.6 Å². The number of alkyl halides is 1. The monoisotopic (exact) mass is 269 g/mol. The first-order valence-corrected chi connectivity index (χ1v) is 8.16. The van der Waals surface area contributed by atoms with Gasteiger partial charge in [0.1, 0.15) is 0 Å². The van der Waals surface area contributed by atoms with E-state index in [2.05, 4.69) is 6.92 Å². The molecule has 2 nitrogen and oxygen atoms in total. The zero-order valence-electron chi connectivity index (χ0n) is 11.3. The van der Waals surface area contributed by atoms with Gasteiger partial charge in [0.05, 0.1) is 0 Å². The number of unbranched alkanes of at least 4 members (excludes halogenated alkanes) is 1. The van der Waals surface area contributed by atoms with Gasteiger partial charge in [-0.25, -0.2) is 0 Å². The van der Waals surface area contributed by atoms with Gasteiger partial charge in [0.2, 0.25) is 5.91 Å². The summed E-state index contributed by atoms with van der Waals surface area (Å²) in [5.41, 5.74) is 0. The van der Waals surface area contributed by atoms with Crippen LogP contribution in [-0.4, -0.2) is 29.8 Å². The Morgan fingerprint density at radius 3 is 2.44 bits per heavy atom. The first-order valence-electron chi connectivity index (χ1n) is 7.62. The molecule has 0 aromatic heterocycles. The first kappa shape index (κ1) is 12.8. The second-order valence-corrected chi connectivity index (χ2v) is 6.76. The predicted octanol–water partition coefficient (Wildman–Crippen LogP) is 3.15. The predicted molar refractivity (Wildman–Crippen MR) is 73.5 cm³/mol. The van der Waals surface area contributed by atoms with Crippen molar-refractivity contribution in [3.05, 3.63) is 0 Å². The lowest BCUT2D eigenvalue weighted by Gasteiger charge is -2.23. The molecule has 0 aromatic carbocycles. The Balaban J connectivity index is 1.60. The maximum absolute atomic E-state index is 12.6. The summed E-state index contributed by atoms with van der Waals surface area (Å²) in [6, 6.07) is 0. The van der Waals surface area contributed by atoms with E-state index in [4.69, 9.17) is 11.6 Å². The molecule has 0 N–H and O–H groups in total. The van der Waals surface area contributed by atoms with Gasteiger partial charge in [-0.2, -0.15) is 0 Å². The third kappa shape index (κ3) is 1.97. The molecule has 0 spiro atoms. The van der Waals surface area contributed by atoms with E-state index in [1.54, 1.807) is 0 Å². The molecule has 4 atom stereocenters. The summed E-state index contributed by atoms with van der Waals surface area (Å²) in [5.74, 6) is 4.68. The smallest absolute Gasteiger partial charge is 0.226 e. The van der Waals surface area contributed by atoms with Gasteiger partial charge < -0.3 is 4.90 Å². The van der Waals surface area contributed by atoms with Crippen LogP contribution in [0.1, 0.15) is 39.0 Å². The molecule has 3 rings (SSSR count). The van der Waals surface area contributed by atoms with Crippen molar-refractivity contribution < 1.29 is 4.79 Å². The Morgan fingerprint density at radius 1 is 1.22 bits per heavy atom. The minimum atomic E-state index is 0.385. The van der Waals surface area contributed by atoms with Crippen LogP contribution in [0.4, 0.5) is 0 Å². The zero-order valence-corrected chi connectivity index (χ0v) is 12.0. The highest BCUT2D eigenvalue weighted by molar-refractivity contribution is 6.18. The number of fused-ring (bicyclic) bond motifs is 5. The van der Waals surface area contributed by atoms with Crippen LogP contribution in [0, 0.1) is 29.6 Å². The Morgan fingerprint density at radius 2 is 1.89 bits per heavy atom. The van der Waals surface area contributed by atoms with E-state index in [9.17, 15) is 4.79 Å². The molecule has 3 aliphatic rings. The fourth-order valence-corrected chi connectivity index (χ4v) is 4.85. The number of amides is 1. The van der Waals surface area contributed by atoms with Gasteiger partial charge in [-0.1, -0.05) is 13.3 Å². The molecule has 18 heavy (non-hydrogen) atoms. The van der Waals surface area contributed by atoms with Crippen LogP contribution in [0.2, 0.25) is 0 Å². The van der Waals surface area contributed by atoms with Crippen molar-refractivity contribution in [2.24, 2.45) is 29.6 Å². The van der Waals surface area contributed by atoms with Crippen LogP contribution >= 0.6 is 11.6 Å². The largest absolute Gasteiger partial charge is 0.341 e.